The third-order valence-electron chi connectivity index (χ3n) is 9.85. The molecule has 0 spiro atoms. The maximum Gasteiger partial charge on any atom is 0.136 e. The Bertz CT molecular complexity index is 542. The van der Waals surface area contributed by atoms with Crippen LogP contribution in [0.25, 0.3) is 0 Å². The number of fused-ring (bicyclic) bond motifs is 5. The number of aliphatic hydroxyl groups excluding tert-OH is 1. The molecule has 0 aromatic rings. The van der Waals surface area contributed by atoms with E-state index >= 15 is 0 Å². The van der Waals surface area contributed by atoms with Crippen molar-refractivity contribution in [2.45, 2.75) is 91.6 Å². The van der Waals surface area contributed by atoms with Crippen LogP contribution in [0.5, 0.6) is 0 Å². The average molecular weight is 347 g/mol. The van der Waals surface area contributed by atoms with Gasteiger partial charge in [0.1, 0.15) is 5.78 Å². The maximum absolute atomic E-state index is 13.3. The van der Waals surface area contributed by atoms with Crippen molar-refractivity contribution in [1.82, 2.24) is 0 Å². The van der Waals surface area contributed by atoms with Gasteiger partial charge < -0.3 is 5.11 Å². The van der Waals surface area contributed by atoms with E-state index in [1.807, 2.05) is 0 Å². The highest BCUT2D eigenvalue weighted by Gasteiger charge is 2.62. The van der Waals surface area contributed by atoms with Crippen molar-refractivity contribution >= 4 is 5.78 Å². The summed E-state index contributed by atoms with van der Waals surface area (Å²) >= 11 is 0. The molecule has 25 heavy (non-hydrogen) atoms. The van der Waals surface area contributed by atoms with Gasteiger partial charge in [0.15, 0.2) is 0 Å². The fourth-order valence-corrected chi connectivity index (χ4v) is 8.17. The van der Waals surface area contributed by atoms with Crippen molar-refractivity contribution in [3.05, 3.63) is 0 Å². The molecule has 0 radical (unpaired) electrons. The van der Waals surface area contributed by atoms with Crippen LogP contribution < -0.4 is 0 Å². The van der Waals surface area contributed by atoms with Gasteiger partial charge in [0.05, 0.1) is 6.10 Å². The quantitative estimate of drug-likeness (QED) is 0.743. The molecule has 0 heterocycles. The van der Waals surface area contributed by atoms with E-state index in [2.05, 4.69) is 27.7 Å². The van der Waals surface area contributed by atoms with Crippen LogP contribution in [0, 0.1) is 46.3 Å². The van der Waals surface area contributed by atoms with E-state index in [-0.39, 0.29) is 6.10 Å². The lowest BCUT2D eigenvalue weighted by Gasteiger charge is -2.60. The number of Topliss-reactive ketones (excluding diaryl/α,β-unsaturated/α-hetero) is 1. The predicted molar refractivity (Wildman–Crippen MR) is 101 cm³/mol. The smallest absolute Gasteiger partial charge is 0.136 e. The predicted octanol–water partition coefficient (Wildman–Crippen LogP) is 5.23. The first-order chi connectivity index (χ1) is 11.8. The largest absolute Gasteiger partial charge is 0.393 e. The van der Waals surface area contributed by atoms with Gasteiger partial charge in [0.2, 0.25) is 0 Å². The Morgan fingerprint density at radius 2 is 1.76 bits per heavy atom. The molecule has 0 amide bonds. The van der Waals surface area contributed by atoms with E-state index in [1.165, 1.54) is 32.1 Å². The minimum atomic E-state index is -0.169. The zero-order valence-electron chi connectivity index (χ0n) is 16.8. The van der Waals surface area contributed by atoms with Crippen LogP contribution >= 0.6 is 0 Å². The van der Waals surface area contributed by atoms with Crippen LogP contribution in [0.15, 0.2) is 0 Å². The molecule has 0 bridgehead atoms. The van der Waals surface area contributed by atoms with Gasteiger partial charge in [-0.15, -0.1) is 0 Å². The van der Waals surface area contributed by atoms with E-state index in [4.69, 9.17) is 0 Å². The zero-order valence-corrected chi connectivity index (χ0v) is 16.8. The highest BCUT2D eigenvalue weighted by Crippen LogP contribution is 2.67. The molecule has 2 heteroatoms. The molecule has 2 nitrogen and oxygen atoms in total. The van der Waals surface area contributed by atoms with E-state index < -0.39 is 0 Å². The molecular formula is C23H38O2. The molecule has 1 N–H and O–H groups in total. The lowest BCUT2D eigenvalue weighted by atomic mass is 9.44. The second-order valence-corrected chi connectivity index (χ2v) is 10.7. The Kier molecular flexibility index (Phi) is 4.38. The molecule has 9 atom stereocenters. The lowest BCUT2D eigenvalue weighted by molar-refractivity contribution is -0.160. The first kappa shape index (κ1) is 18.0. The molecule has 0 aromatic heterocycles. The minimum absolute atomic E-state index is 0.169. The number of ketones is 1. The van der Waals surface area contributed by atoms with Crippen molar-refractivity contribution in [3.8, 4) is 0 Å². The van der Waals surface area contributed by atoms with E-state index in [0.29, 0.717) is 40.3 Å². The number of hydrogen-bond donors (Lipinski definition) is 1. The maximum atomic E-state index is 13.3. The molecule has 4 rings (SSSR count). The fraction of sp³-hybridized carbons (Fsp3) is 0.957. The molecule has 142 valence electrons. The van der Waals surface area contributed by atoms with Gasteiger partial charge in [-0.1, -0.05) is 34.1 Å². The van der Waals surface area contributed by atoms with E-state index in [0.717, 1.165) is 37.5 Å². The number of hydrogen-bond acceptors (Lipinski definition) is 2. The molecule has 0 saturated heterocycles. The third-order valence-corrected chi connectivity index (χ3v) is 9.85. The standard InChI is InChI=1S/C23H38O2/c1-5-14(2)17-6-7-18-21-19(9-11-23(17,18)4)22(3)10-8-16(24)12-15(22)13-20(21)25/h14-19,21,24H,5-13H2,1-4H3/t14-,15+,16?,17-,18?,19?,21+,22+,23-/m1/s1. The number of rotatable bonds is 2. The lowest BCUT2D eigenvalue weighted by Crippen LogP contribution is -2.57. The summed E-state index contributed by atoms with van der Waals surface area (Å²) in [5.74, 6) is 4.13. The Morgan fingerprint density at radius 1 is 1.08 bits per heavy atom. The number of aliphatic hydroxyl groups is 1. The summed E-state index contributed by atoms with van der Waals surface area (Å²) in [4.78, 5) is 13.3. The summed E-state index contributed by atoms with van der Waals surface area (Å²) in [5.41, 5.74) is 0.692. The van der Waals surface area contributed by atoms with Gasteiger partial charge in [-0.05, 0) is 85.4 Å². The van der Waals surface area contributed by atoms with Gasteiger partial charge in [-0.3, -0.25) is 4.79 Å². The highest BCUT2D eigenvalue weighted by molar-refractivity contribution is 5.83. The van der Waals surface area contributed by atoms with Crippen molar-refractivity contribution in [2.75, 3.05) is 0 Å². The normalized spacial score (nSPS) is 53.7. The van der Waals surface area contributed by atoms with Crippen molar-refractivity contribution < 1.29 is 9.90 Å². The van der Waals surface area contributed by atoms with Crippen molar-refractivity contribution in [1.29, 1.82) is 0 Å². The second-order valence-electron chi connectivity index (χ2n) is 10.7. The first-order valence-electron chi connectivity index (χ1n) is 11.0. The second kappa shape index (κ2) is 6.08. The Balaban J connectivity index is 1.65. The summed E-state index contributed by atoms with van der Waals surface area (Å²) < 4.78 is 0. The van der Waals surface area contributed by atoms with Crippen molar-refractivity contribution in [2.24, 2.45) is 46.3 Å². The zero-order chi connectivity index (χ0) is 18.0. The molecular weight excluding hydrogens is 308 g/mol. The molecule has 0 aliphatic heterocycles. The summed E-state index contributed by atoms with van der Waals surface area (Å²) in [7, 11) is 0. The van der Waals surface area contributed by atoms with Crippen LogP contribution in [-0.2, 0) is 4.79 Å². The minimum Gasteiger partial charge on any atom is -0.393 e. The Hall–Kier alpha value is -0.370. The molecule has 0 aromatic carbocycles. The van der Waals surface area contributed by atoms with Crippen LogP contribution in [0.1, 0.15) is 85.5 Å². The topological polar surface area (TPSA) is 37.3 Å². The van der Waals surface area contributed by atoms with Crippen molar-refractivity contribution in [3.63, 3.8) is 0 Å². The van der Waals surface area contributed by atoms with Gasteiger partial charge in [-0.25, -0.2) is 0 Å². The third kappa shape index (κ3) is 2.49. The fourth-order valence-electron chi connectivity index (χ4n) is 8.17. The summed E-state index contributed by atoms with van der Waals surface area (Å²) in [6, 6.07) is 0. The summed E-state index contributed by atoms with van der Waals surface area (Å²) in [6.45, 7) is 9.77. The molecule has 4 aliphatic carbocycles. The van der Waals surface area contributed by atoms with Crippen LogP contribution in [0.3, 0.4) is 0 Å². The number of carbonyl (C=O) groups is 1. The molecule has 4 aliphatic rings. The van der Waals surface area contributed by atoms with E-state index in [1.54, 1.807) is 0 Å². The first-order valence-corrected chi connectivity index (χ1v) is 11.0. The van der Waals surface area contributed by atoms with Gasteiger partial charge >= 0.3 is 0 Å². The number of carbonyl (C=O) groups excluding carboxylic acids is 1. The van der Waals surface area contributed by atoms with Gasteiger partial charge in [-0.2, -0.15) is 0 Å². The average Bonchev–Trinajstić information content (AvgIpc) is 2.93. The Morgan fingerprint density at radius 3 is 2.48 bits per heavy atom. The highest BCUT2D eigenvalue weighted by atomic mass is 16.3. The molecule has 4 saturated carbocycles. The SMILES string of the molecule is CC[C@@H](C)[C@H]1CCC2[C@@H]3C(=O)C[C@@H]4CC(O)CC[C@]4(C)C3CC[C@@]21C. The van der Waals surface area contributed by atoms with E-state index in [9.17, 15) is 9.90 Å². The van der Waals surface area contributed by atoms with Crippen LogP contribution in [-0.4, -0.2) is 17.0 Å². The van der Waals surface area contributed by atoms with Gasteiger partial charge in [0.25, 0.3) is 0 Å². The Labute approximate surface area is 154 Å². The van der Waals surface area contributed by atoms with Crippen LogP contribution in [0.2, 0.25) is 0 Å². The monoisotopic (exact) mass is 346 g/mol. The van der Waals surface area contributed by atoms with Crippen LogP contribution in [0.4, 0.5) is 0 Å². The molecule has 3 unspecified atom stereocenters. The molecule has 4 fully saturated rings. The van der Waals surface area contributed by atoms with Gasteiger partial charge in [0, 0.05) is 12.3 Å². The summed E-state index contributed by atoms with van der Waals surface area (Å²) in [6.07, 6.45) is 9.98. The summed E-state index contributed by atoms with van der Waals surface area (Å²) in [5, 5.41) is 10.1.